The number of halogens is 2. The molecule has 1 amide bonds. The Morgan fingerprint density at radius 3 is 2.96 bits per heavy atom. The lowest BCUT2D eigenvalue weighted by atomic mass is 9.99. The maximum atomic E-state index is 14.1. The van der Waals surface area contributed by atoms with Crippen molar-refractivity contribution < 1.29 is 9.18 Å². The third-order valence-electron chi connectivity index (χ3n) is 4.24. The second kappa shape index (κ2) is 6.78. The summed E-state index contributed by atoms with van der Waals surface area (Å²) in [6, 6.07) is 4.72. The molecule has 128 valence electrons. The summed E-state index contributed by atoms with van der Waals surface area (Å²) < 4.78 is 14.1. The number of nitrogens with zero attached hydrogens (tertiary/aromatic N) is 1. The number of aryl methyl sites for hydroxylation is 1. The van der Waals surface area contributed by atoms with Crippen molar-refractivity contribution in [3.8, 4) is 0 Å². The molecule has 2 N–H and O–H groups in total. The van der Waals surface area contributed by atoms with E-state index in [9.17, 15) is 9.18 Å². The third kappa shape index (κ3) is 3.45. The summed E-state index contributed by atoms with van der Waals surface area (Å²) in [4.78, 5) is 17.3. The van der Waals surface area contributed by atoms with Crippen LogP contribution in [0.4, 0.5) is 4.39 Å². The number of benzene rings is 1. The number of aromatic nitrogens is 1. The van der Waals surface area contributed by atoms with Crippen molar-refractivity contribution in [1.29, 1.82) is 0 Å². The average Bonchev–Trinajstić information content (AvgIpc) is 3.10. The third-order valence-corrected chi connectivity index (χ3v) is 5.84. The molecule has 4 nitrogen and oxygen atoms in total. The van der Waals surface area contributed by atoms with E-state index in [1.807, 2.05) is 6.92 Å². The van der Waals surface area contributed by atoms with Crippen molar-refractivity contribution in [2.24, 2.45) is 0 Å². The smallest absolute Gasteiger partial charge is 0.217 e. The number of hydrogen-bond acceptors (Lipinski definition) is 4. The van der Waals surface area contributed by atoms with Crippen LogP contribution in [0.5, 0.6) is 0 Å². The molecule has 2 heterocycles. The fourth-order valence-corrected chi connectivity index (χ4v) is 4.42. The molecule has 1 aromatic carbocycles. The Bertz CT molecular complexity index is 771. The number of hydrogen-bond donors (Lipinski definition) is 2. The Morgan fingerprint density at radius 2 is 2.33 bits per heavy atom. The molecule has 0 bridgehead atoms. The van der Waals surface area contributed by atoms with Gasteiger partial charge in [0.05, 0.1) is 5.69 Å². The van der Waals surface area contributed by atoms with E-state index < -0.39 is 5.54 Å². The van der Waals surface area contributed by atoms with Crippen LogP contribution < -0.4 is 10.6 Å². The van der Waals surface area contributed by atoms with Crippen LogP contribution in [0, 0.1) is 12.7 Å². The number of carbonyl (C=O) groups excluding carboxylic acids is 1. The van der Waals surface area contributed by atoms with Crippen LogP contribution >= 0.6 is 22.9 Å². The van der Waals surface area contributed by atoms with Crippen LogP contribution in [0.15, 0.2) is 18.2 Å². The van der Waals surface area contributed by atoms with Crippen molar-refractivity contribution in [3.63, 3.8) is 0 Å². The van der Waals surface area contributed by atoms with E-state index in [0.29, 0.717) is 23.6 Å². The van der Waals surface area contributed by atoms with Crippen molar-refractivity contribution in [2.45, 2.75) is 32.2 Å². The molecular weight excluding hydrogens is 349 g/mol. The summed E-state index contributed by atoms with van der Waals surface area (Å²) >= 11 is 7.35. The predicted octanol–water partition coefficient (Wildman–Crippen LogP) is 3.16. The molecular formula is C17H19ClFN3OS. The normalized spacial score (nSPS) is 20.3. The Hall–Kier alpha value is -1.50. The van der Waals surface area contributed by atoms with Gasteiger partial charge in [-0.3, -0.25) is 4.79 Å². The van der Waals surface area contributed by atoms with Crippen molar-refractivity contribution in [1.82, 2.24) is 15.6 Å². The largest absolute Gasteiger partial charge is 0.343 e. The van der Waals surface area contributed by atoms with E-state index >= 15 is 0 Å². The van der Waals surface area contributed by atoms with Crippen LogP contribution in [-0.4, -0.2) is 24.0 Å². The molecule has 3 rings (SSSR count). The van der Waals surface area contributed by atoms with Crippen LogP contribution in [-0.2, 0) is 16.8 Å². The average molecular weight is 368 g/mol. The Kier molecular flexibility index (Phi) is 4.90. The Morgan fingerprint density at radius 1 is 1.54 bits per heavy atom. The summed E-state index contributed by atoms with van der Waals surface area (Å²) in [6.07, 6.45) is 1.27. The molecule has 0 radical (unpaired) electrons. The van der Waals surface area contributed by atoms with Crippen LogP contribution in [0.1, 0.15) is 34.5 Å². The van der Waals surface area contributed by atoms with Gasteiger partial charge < -0.3 is 10.6 Å². The first-order valence-electron chi connectivity index (χ1n) is 7.80. The van der Waals surface area contributed by atoms with Gasteiger partial charge in [0.2, 0.25) is 5.91 Å². The molecule has 24 heavy (non-hydrogen) atoms. The van der Waals surface area contributed by atoms with Crippen molar-refractivity contribution >= 4 is 28.8 Å². The highest BCUT2D eigenvalue weighted by Crippen LogP contribution is 2.34. The standard InChI is InChI=1S/C17H19ClFN3OS/c1-10-15(7-12-3-4-13(18)8-14(12)19)24-16(21-10)17(22-11(2)23)5-6-20-9-17/h3-4,8,20H,5-7,9H2,1-2H3,(H,22,23). The molecule has 1 fully saturated rings. The van der Waals surface area contributed by atoms with E-state index in [0.717, 1.165) is 28.5 Å². The van der Waals surface area contributed by atoms with Gasteiger partial charge in [0.25, 0.3) is 0 Å². The van der Waals surface area contributed by atoms with E-state index in [2.05, 4.69) is 15.6 Å². The van der Waals surface area contributed by atoms with Gasteiger partial charge in [-0.1, -0.05) is 17.7 Å². The second-order valence-corrected chi connectivity index (χ2v) is 7.65. The molecule has 1 aromatic heterocycles. The molecule has 1 aliphatic rings. The number of nitrogens with one attached hydrogen (secondary N) is 2. The summed E-state index contributed by atoms with van der Waals surface area (Å²) in [5.41, 5.74) is 1.01. The number of rotatable bonds is 4. The van der Waals surface area contributed by atoms with E-state index in [4.69, 9.17) is 11.6 Å². The minimum atomic E-state index is -0.460. The van der Waals surface area contributed by atoms with E-state index in [1.165, 1.54) is 24.3 Å². The second-order valence-electron chi connectivity index (χ2n) is 6.13. The van der Waals surface area contributed by atoms with Gasteiger partial charge in [-0.15, -0.1) is 11.3 Å². The molecule has 1 unspecified atom stereocenters. The lowest BCUT2D eigenvalue weighted by molar-refractivity contribution is -0.120. The fraction of sp³-hybridized carbons (Fsp3) is 0.412. The summed E-state index contributed by atoms with van der Waals surface area (Å²) in [5.74, 6) is -0.382. The molecule has 1 aliphatic heterocycles. The lowest BCUT2D eigenvalue weighted by Crippen LogP contribution is -2.46. The highest BCUT2D eigenvalue weighted by Gasteiger charge is 2.39. The highest BCUT2D eigenvalue weighted by atomic mass is 35.5. The van der Waals surface area contributed by atoms with Gasteiger partial charge in [0, 0.05) is 29.8 Å². The number of carbonyl (C=O) groups is 1. The molecule has 7 heteroatoms. The van der Waals surface area contributed by atoms with Gasteiger partial charge in [-0.2, -0.15) is 0 Å². The van der Waals surface area contributed by atoms with E-state index in [-0.39, 0.29) is 11.7 Å². The zero-order chi connectivity index (χ0) is 17.3. The molecule has 0 saturated carbocycles. The van der Waals surface area contributed by atoms with Crippen molar-refractivity contribution in [2.75, 3.05) is 13.1 Å². The molecule has 1 atom stereocenters. The first-order chi connectivity index (χ1) is 11.4. The zero-order valence-corrected chi connectivity index (χ0v) is 15.2. The zero-order valence-electron chi connectivity index (χ0n) is 13.6. The van der Waals surface area contributed by atoms with Gasteiger partial charge in [0.15, 0.2) is 0 Å². The monoisotopic (exact) mass is 367 g/mol. The quantitative estimate of drug-likeness (QED) is 0.872. The number of amides is 1. The SMILES string of the molecule is CC(=O)NC1(c2nc(C)c(Cc3ccc(Cl)cc3F)s2)CCNC1. The molecule has 1 saturated heterocycles. The maximum Gasteiger partial charge on any atom is 0.217 e. The van der Waals surface area contributed by atoms with Gasteiger partial charge >= 0.3 is 0 Å². The topological polar surface area (TPSA) is 54.0 Å². The lowest BCUT2D eigenvalue weighted by Gasteiger charge is -2.26. The number of thiazole rings is 1. The van der Waals surface area contributed by atoms with Gasteiger partial charge in [-0.25, -0.2) is 9.37 Å². The fourth-order valence-electron chi connectivity index (χ4n) is 3.01. The van der Waals surface area contributed by atoms with E-state index in [1.54, 1.807) is 12.1 Å². The molecule has 0 aliphatic carbocycles. The summed E-state index contributed by atoms with van der Waals surface area (Å²) in [5, 5.41) is 7.61. The predicted molar refractivity (Wildman–Crippen MR) is 94.0 cm³/mol. The van der Waals surface area contributed by atoms with Gasteiger partial charge in [0.1, 0.15) is 16.4 Å². The summed E-state index contributed by atoms with van der Waals surface area (Å²) in [7, 11) is 0. The molecule has 2 aromatic rings. The van der Waals surface area contributed by atoms with Crippen LogP contribution in [0.3, 0.4) is 0 Å². The minimum absolute atomic E-state index is 0.0724. The Balaban J connectivity index is 1.90. The van der Waals surface area contributed by atoms with Gasteiger partial charge in [-0.05, 0) is 37.6 Å². The van der Waals surface area contributed by atoms with Crippen molar-refractivity contribution in [3.05, 3.63) is 50.2 Å². The maximum absolute atomic E-state index is 14.1. The summed E-state index contributed by atoms with van der Waals surface area (Å²) in [6.45, 7) is 4.94. The molecule has 0 spiro atoms. The Labute approximate surface area is 149 Å². The minimum Gasteiger partial charge on any atom is -0.343 e. The van der Waals surface area contributed by atoms with Crippen LogP contribution in [0.2, 0.25) is 5.02 Å². The van der Waals surface area contributed by atoms with Crippen LogP contribution in [0.25, 0.3) is 0 Å². The first-order valence-corrected chi connectivity index (χ1v) is 8.99. The highest BCUT2D eigenvalue weighted by molar-refractivity contribution is 7.12. The first kappa shape index (κ1) is 17.3.